The summed E-state index contributed by atoms with van der Waals surface area (Å²) < 4.78 is 5.71. The van der Waals surface area contributed by atoms with Gasteiger partial charge in [-0.3, -0.25) is 4.79 Å². The summed E-state index contributed by atoms with van der Waals surface area (Å²) in [5.41, 5.74) is 4.20. The second-order valence-corrected chi connectivity index (χ2v) is 6.76. The number of nitrogens with zero attached hydrogens (tertiary/aromatic N) is 1. The van der Waals surface area contributed by atoms with Crippen LogP contribution < -0.4 is 10.7 Å². The summed E-state index contributed by atoms with van der Waals surface area (Å²) in [5.74, 6) is 0.898. The Morgan fingerprint density at radius 3 is 2.66 bits per heavy atom. The SMILES string of the molecule is O=C(CNc1cccc2ccccc12)N/N=C/c1ccc(-c2ccccc2Cl)o1. The van der Waals surface area contributed by atoms with E-state index < -0.39 is 0 Å². The van der Waals surface area contributed by atoms with Crippen molar-refractivity contribution in [1.29, 1.82) is 0 Å². The summed E-state index contributed by atoms with van der Waals surface area (Å²) in [6.07, 6.45) is 1.45. The van der Waals surface area contributed by atoms with Gasteiger partial charge in [0.1, 0.15) is 11.5 Å². The van der Waals surface area contributed by atoms with Crippen LogP contribution in [0.15, 0.2) is 88.4 Å². The zero-order valence-corrected chi connectivity index (χ0v) is 16.2. The molecule has 0 atom stereocenters. The number of anilines is 1. The molecule has 29 heavy (non-hydrogen) atoms. The highest BCUT2D eigenvalue weighted by molar-refractivity contribution is 6.33. The molecule has 1 heterocycles. The van der Waals surface area contributed by atoms with Crippen molar-refractivity contribution in [3.8, 4) is 11.3 Å². The van der Waals surface area contributed by atoms with Gasteiger partial charge in [0.15, 0.2) is 0 Å². The van der Waals surface area contributed by atoms with Gasteiger partial charge in [0.25, 0.3) is 5.91 Å². The molecule has 0 radical (unpaired) electrons. The highest BCUT2D eigenvalue weighted by Crippen LogP contribution is 2.28. The minimum atomic E-state index is -0.257. The summed E-state index contributed by atoms with van der Waals surface area (Å²) in [6, 6.07) is 24.9. The molecular weight excluding hydrogens is 386 g/mol. The normalized spacial score (nSPS) is 11.1. The largest absolute Gasteiger partial charge is 0.455 e. The van der Waals surface area contributed by atoms with Crippen molar-refractivity contribution < 1.29 is 9.21 Å². The molecule has 0 aliphatic rings. The molecule has 0 saturated heterocycles. The van der Waals surface area contributed by atoms with E-state index in [0.29, 0.717) is 16.5 Å². The molecule has 2 N–H and O–H groups in total. The summed E-state index contributed by atoms with van der Waals surface area (Å²) in [4.78, 5) is 12.1. The molecule has 1 aromatic heterocycles. The van der Waals surface area contributed by atoms with Crippen LogP contribution >= 0.6 is 11.6 Å². The number of amides is 1. The molecule has 4 rings (SSSR count). The molecule has 6 heteroatoms. The molecule has 0 aliphatic carbocycles. The topological polar surface area (TPSA) is 66.6 Å². The van der Waals surface area contributed by atoms with Crippen molar-refractivity contribution in [3.05, 3.63) is 89.6 Å². The Labute approximate surface area is 173 Å². The minimum Gasteiger partial charge on any atom is -0.455 e. The van der Waals surface area contributed by atoms with Gasteiger partial charge in [-0.1, -0.05) is 60.1 Å². The van der Waals surface area contributed by atoms with Crippen molar-refractivity contribution in [2.45, 2.75) is 0 Å². The fourth-order valence-corrected chi connectivity index (χ4v) is 3.22. The Balaban J connectivity index is 1.34. The summed E-state index contributed by atoms with van der Waals surface area (Å²) in [6.45, 7) is 0.106. The van der Waals surface area contributed by atoms with Crippen LogP contribution in [0, 0.1) is 0 Å². The quantitative estimate of drug-likeness (QED) is 0.338. The third kappa shape index (κ3) is 4.47. The second kappa shape index (κ2) is 8.63. The lowest BCUT2D eigenvalue weighted by atomic mass is 10.1. The minimum absolute atomic E-state index is 0.106. The Morgan fingerprint density at radius 1 is 0.966 bits per heavy atom. The summed E-state index contributed by atoms with van der Waals surface area (Å²) >= 11 is 6.18. The maximum Gasteiger partial charge on any atom is 0.259 e. The van der Waals surface area contributed by atoms with Crippen LogP contribution in [0.5, 0.6) is 0 Å². The number of hydrazone groups is 1. The highest BCUT2D eigenvalue weighted by atomic mass is 35.5. The van der Waals surface area contributed by atoms with Crippen molar-refractivity contribution >= 4 is 40.2 Å². The number of hydrogen-bond donors (Lipinski definition) is 2. The predicted octanol–water partition coefficient (Wildman–Crippen LogP) is 5.32. The number of fused-ring (bicyclic) bond motifs is 1. The first kappa shape index (κ1) is 18.8. The number of carbonyl (C=O) groups is 1. The van der Waals surface area contributed by atoms with Gasteiger partial charge in [0.2, 0.25) is 0 Å². The van der Waals surface area contributed by atoms with Crippen molar-refractivity contribution in [2.24, 2.45) is 5.10 Å². The lowest BCUT2D eigenvalue weighted by molar-refractivity contribution is -0.119. The van der Waals surface area contributed by atoms with E-state index in [9.17, 15) is 4.79 Å². The zero-order chi connectivity index (χ0) is 20.1. The molecule has 4 aromatic rings. The molecule has 1 amide bonds. The standard InChI is InChI=1S/C23H18ClN3O2/c24-20-10-4-3-9-19(20)22-13-12-17(29-22)14-26-27-23(28)15-25-21-11-5-7-16-6-1-2-8-18(16)21/h1-14,25H,15H2,(H,27,28)/b26-14+. The smallest absolute Gasteiger partial charge is 0.259 e. The molecule has 3 aromatic carbocycles. The van der Waals surface area contributed by atoms with Gasteiger partial charge in [0, 0.05) is 16.6 Å². The lowest BCUT2D eigenvalue weighted by Crippen LogP contribution is -2.25. The van der Waals surface area contributed by atoms with Gasteiger partial charge in [-0.25, -0.2) is 5.43 Å². The van der Waals surface area contributed by atoms with Crippen molar-refractivity contribution in [2.75, 3.05) is 11.9 Å². The average molecular weight is 404 g/mol. The summed E-state index contributed by atoms with van der Waals surface area (Å²) in [5, 5.41) is 9.89. The Morgan fingerprint density at radius 2 is 1.76 bits per heavy atom. The summed E-state index contributed by atoms with van der Waals surface area (Å²) in [7, 11) is 0. The predicted molar refractivity (Wildman–Crippen MR) is 117 cm³/mol. The van der Waals surface area contributed by atoms with Crippen LogP contribution in [0.2, 0.25) is 5.02 Å². The third-order valence-electron chi connectivity index (χ3n) is 4.38. The molecule has 0 aliphatic heterocycles. The second-order valence-electron chi connectivity index (χ2n) is 6.36. The van der Waals surface area contributed by atoms with Gasteiger partial charge in [0.05, 0.1) is 17.8 Å². The van der Waals surface area contributed by atoms with Crippen LogP contribution in [0.1, 0.15) is 5.76 Å². The molecule has 0 bridgehead atoms. The first-order chi connectivity index (χ1) is 14.2. The third-order valence-corrected chi connectivity index (χ3v) is 4.71. The molecule has 0 fully saturated rings. The van der Waals surface area contributed by atoms with E-state index in [1.165, 1.54) is 6.21 Å². The van der Waals surface area contributed by atoms with E-state index in [0.717, 1.165) is 22.0 Å². The number of halogens is 1. The van der Waals surface area contributed by atoms with Crippen LogP contribution in [0.25, 0.3) is 22.1 Å². The number of hydrogen-bond acceptors (Lipinski definition) is 4. The van der Waals surface area contributed by atoms with Gasteiger partial charge >= 0.3 is 0 Å². The number of nitrogens with one attached hydrogen (secondary N) is 2. The van der Waals surface area contributed by atoms with Gasteiger partial charge in [-0.15, -0.1) is 0 Å². The maximum atomic E-state index is 12.1. The molecular formula is C23H18ClN3O2. The van der Waals surface area contributed by atoms with Crippen LogP contribution in [0.4, 0.5) is 5.69 Å². The molecule has 0 saturated carbocycles. The fraction of sp³-hybridized carbons (Fsp3) is 0.0435. The Kier molecular flexibility index (Phi) is 5.59. The number of benzene rings is 3. The zero-order valence-electron chi connectivity index (χ0n) is 15.4. The Hall–Kier alpha value is -3.57. The van der Waals surface area contributed by atoms with E-state index in [-0.39, 0.29) is 12.5 Å². The van der Waals surface area contributed by atoms with E-state index in [1.54, 1.807) is 12.1 Å². The van der Waals surface area contributed by atoms with Crippen molar-refractivity contribution in [3.63, 3.8) is 0 Å². The lowest BCUT2D eigenvalue weighted by Gasteiger charge is -2.08. The van der Waals surface area contributed by atoms with E-state index >= 15 is 0 Å². The number of carbonyl (C=O) groups excluding carboxylic acids is 1. The number of furan rings is 1. The van der Waals surface area contributed by atoms with Crippen LogP contribution in [-0.4, -0.2) is 18.7 Å². The van der Waals surface area contributed by atoms with E-state index in [4.69, 9.17) is 16.0 Å². The van der Waals surface area contributed by atoms with Crippen molar-refractivity contribution in [1.82, 2.24) is 5.43 Å². The fourth-order valence-electron chi connectivity index (χ4n) is 2.99. The average Bonchev–Trinajstić information content (AvgIpc) is 3.21. The molecule has 5 nitrogen and oxygen atoms in total. The molecule has 144 valence electrons. The molecule has 0 spiro atoms. The monoisotopic (exact) mass is 403 g/mol. The van der Waals surface area contributed by atoms with Crippen LogP contribution in [0.3, 0.4) is 0 Å². The highest BCUT2D eigenvalue weighted by Gasteiger charge is 2.07. The van der Waals surface area contributed by atoms with Gasteiger partial charge in [-0.05, 0) is 35.7 Å². The Bertz CT molecular complexity index is 1180. The van der Waals surface area contributed by atoms with E-state index in [2.05, 4.69) is 15.8 Å². The first-order valence-electron chi connectivity index (χ1n) is 9.09. The van der Waals surface area contributed by atoms with Gasteiger partial charge in [-0.2, -0.15) is 5.10 Å². The van der Waals surface area contributed by atoms with E-state index in [1.807, 2.05) is 66.7 Å². The number of rotatable bonds is 6. The first-order valence-corrected chi connectivity index (χ1v) is 9.47. The van der Waals surface area contributed by atoms with Crippen LogP contribution in [-0.2, 0) is 4.79 Å². The van der Waals surface area contributed by atoms with Gasteiger partial charge < -0.3 is 9.73 Å². The molecule has 0 unspecified atom stereocenters. The maximum absolute atomic E-state index is 12.1.